The number of morpholine rings is 1. The Hall–Kier alpha value is -4.18. The minimum absolute atomic E-state index is 0.00415. The number of carbonyl (C=O) groups excluding carboxylic acids is 4. The van der Waals surface area contributed by atoms with Gasteiger partial charge in [-0.15, -0.1) is 0 Å². The van der Waals surface area contributed by atoms with Crippen LogP contribution in [0.3, 0.4) is 0 Å². The topological polar surface area (TPSA) is 106 Å². The average molecular weight is 618 g/mol. The van der Waals surface area contributed by atoms with Crippen LogP contribution in [0.4, 0.5) is 4.79 Å². The van der Waals surface area contributed by atoms with E-state index in [0.29, 0.717) is 26.3 Å². The third-order valence-electron chi connectivity index (χ3n) is 9.29. The van der Waals surface area contributed by atoms with Crippen molar-refractivity contribution in [2.45, 2.75) is 50.1 Å². The summed E-state index contributed by atoms with van der Waals surface area (Å²) in [5.74, 6) is -1.57. The van der Waals surface area contributed by atoms with Crippen molar-refractivity contribution in [2.24, 2.45) is 5.92 Å². The van der Waals surface area contributed by atoms with Gasteiger partial charge in [0.1, 0.15) is 25.3 Å². The number of carbonyl (C=O) groups is 4. The molecule has 0 spiro atoms. The Morgan fingerprint density at radius 3 is 2.13 bits per heavy atom. The van der Waals surface area contributed by atoms with Gasteiger partial charge < -0.3 is 24.0 Å². The Morgan fingerprint density at radius 2 is 1.53 bits per heavy atom. The van der Waals surface area contributed by atoms with Crippen molar-refractivity contribution in [1.29, 1.82) is 0 Å². The first kappa shape index (κ1) is 32.2. The van der Waals surface area contributed by atoms with E-state index in [4.69, 9.17) is 14.2 Å². The fraction of sp³-hybridized carbons (Fsp3) is 0.486. The van der Waals surface area contributed by atoms with Crippen molar-refractivity contribution in [3.05, 3.63) is 72.3 Å². The minimum atomic E-state index is -1.09. The van der Waals surface area contributed by atoms with Crippen LogP contribution in [0.25, 0.3) is 11.1 Å². The fourth-order valence-corrected chi connectivity index (χ4v) is 6.88. The molecular formula is C35H43N3O7. The van der Waals surface area contributed by atoms with Crippen molar-refractivity contribution < 1.29 is 33.4 Å². The molecule has 240 valence electrons. The van der Waals surface area contributed by atoms with E-state index in [9.17, 15) is 19.2 Å². The van der Waals surface area contributed by atoms with Gasteiger partial charge in [0, 0.05) is 33.1 Å². The molecule has 3 amide bonds. The molecule has 0 radical (unpaired) electrons. The van der Waals surface area contributed by atoms with E-state index >= 15 is 0 Å². The van der Waals surface area contributed by atoms with Gasteiger partial charge in [-0.3, -0.25) is 19.3 Å². The molecule has 0 bridgehead atoms. The monoisotopic (exact) mass is 617 g/mol. The molecule has 5 rings (SSSR count). The van der Waals surface area contributed by atoms with Crippen LogP contribution in [-0.4, -0.2) is 104 Å². The van der Waals surface area contributed by atoms with Gasteiger partial charge in [0.2, 0.25) is 11.8 Å². The highest BCUT2D eigenvalue weighted by molar-refractivity contribution is 5.93. The standard InChI is InChI=1S/C35H43N3O7/c1-4-19-44-31(39)22-30(33(40)38-17-20-43-21-18-38)36(2)34(41)32(24-11-5-6-12-24)37(3)35(42)45-23-29-27-15-9-7-13-25(27)26-14-8-10-16-28(26)29/h4,7-10,13-16,24,29-30,32H,1,5-6,11-12,17-23H2,2-3H3/t30-,32-/m0/s1. The number of ether oxygens (including phenoxy) is 3. The Balaban J connectivity index is 1.34. The van der Waals surface area contributed by atoms with Gasteiger partial charge in [-0.1, -0.05) is 74.0 Å². The summed E-state index contributed by atoms with van der Waals surface area (Å²) in [5.41, 5.74) is 4.46. The van der Waals surface area contributed by atoms with Crippen molar-refractivity contribution in [3.63, 3.8) is 0 Å². The minimum Gasteiger partial charge on any atom is -0.461 e. The number of likely N-dealkylation sites (N-methyl/N-ethyl adjacent to an activating group) is 2. The van der Waals surface area contributed by atoms with Crippen LogP contribution < -0.4 is 0 Å². The SMILES string of the molecule is C=CCOC(=O)C[C@@H](C(=O)N1CCOCC1)N(C)C(=O)[C@H](C1CCCC1)N(C)C(=O)OCC1c2ccccc2-c2ccccc21. The van der Waals surface area contributed by atoms with E-state index in [1.54, 1.807) is 11.9 Å². The maximum atomic E-state index is 14.3. The molecule has 45 heavy (non-hydrogen) atoms. The quantitative estimate of drug-likeness (QED) is 0.275. The summed E-state index contributed by atoms with van der Waals surface area (Å²) < 4.78 is 16.5. The second-order valence-electron chi connectivity index (χ2n) is 12.0. The third-order valence-corrected chi connectivity index (χ3v) is 9.29. The van der Waals surface area contributed by atoms with E-state index in [-0.39, 0.29) is 37.4 Å². The Kier molecular flexibility index (Phi) is 10.5. The molecule has 10 nitrogen and oxygen atoms in total. The van der Waals surface area contributed by atoms with Crippen LogP contribution in [0.5, 0.6) is 0 Å². The molecule has 1 heterocycles. The van der Waals surface area contributed by atoms with Crippen molar-refractivity contribution in [3.8, 4) is 11.1 Å². The summed E-state index contributed by atoms with van der Waals surface area (Å²) in [6.07, 6.45) is 3.98. The number of benzene rings is 2. The van der Waals surface area contributed by atoms with Crippen LogP contribution in [0, 0.1) is 5.92 Å². The van der Waals surface area contributed by atoms with Crippen molar-refractivity contribution in [2.75, 3.05) is 53.6 Å². The van der Waals surface area contributed by atoms with E-state index in [1.807, 2.05) is 24.3 Å². The van der Waals surface area contributed by atoms with Crippen LogP contribution >= 0.6 is 0 Å². The predicted octanol–water partition coefficient (Wildman–Crippen LogP) is 4.23. The summed E-state index contributed by atoms with van der Waals surface area (Å²) in [6, 6.07) is 14.3. The molecule has 0 unspecified atom stereocenters. The molecule has 1 saturated carbocycles. The fourth-order valence-electron chi connectivity index (χ4n) is 6.88. The number of fused-ring (bicyclic) bond motifs is 3. The highest BCUT2D eigenvalue weighted by Crippen LogP contribution is 2.44. The Morgan fingerprint density at radius 1 is 0.933 bits per heavy atom. The zero-order valence-electron chi connectivity index (χ0n) is 26.2. The second-order valence-corrected chi connectivity index (χ2v) is 12.0. The van der Waals surface area contributed by atoms with E-state index in [1.165, 1.54) is 22.9 Å². The summed E-state index contributed by atoms with van der Waals surface area (Å²) in [5, 5.41) is 0. The van der Waals surface area contributed by atoms with Crippen molar-refractivity contribution in [1.82, 2.24) is 14.7 Å². The largest absolute Gasteiger partial charge is 0.461 e. The lowest BCUT2D eigenvalue weighted by atomic mass is 9.95. The molecule has 3 aliphatic rings. The Bertz CT molecular complexity index is 1350. The first-order chi connectivity index (χ1) is 21.8. The van der Waals surface area contributed by atoms with E-state index in [0.717, 1.165) is 47.9 Å². The molecule has 2 aliphatic carbocycles. The van der Waals surface area contributed by atoms with Gasteiger partial charge in [-0.05, 0) is 41.0 Å². The average Bonchev–Trinajstić information content (AvgIpc) is 3.71. The van der Waals surface area contributed by atoms with Gasteiger partial charge in [-0.25, -0.2) is 4.79 Å². The maximum Gasteiger partial charge on any atom is 0.410 e. The third kappa shape index (κ3) is 7.06. The maximum absolute atomic E-state index is 14.3. The molecule has 1 aliphatic heterocycles. The highest BCUT2D eigenvalue weighted by Gasteiger charge is 2.43. The summed E-state index contributed by atoms with van der Waals surface area (Å²) in [4.78, 5) is 58.7. The van der Waals surface area contributed by atoms with Gasteiger partial charge >= 0.3 is 12.1 Å². The van der Waals surface area contributed by atoms with Crippen LogP contribution in [0.15, 0.2) is 61.2 Å². The van der Waals surface area contributed by atoms with Crippen LogP contribution in [0.1, 0.15) is 49.1 Å². The number of rotatable bonds is 11. The predicted molar refractivity (Wildman–Crippen MR) is 168 cm³/mol. The van der Waals surface area contributed by atoms with Gasteiger partial charge in [0.25, 0.3) is 0 Å². The molecule has 10 heteroatoms. The zero-order valence-corrected chi connectivity index (χ0v) is 26.2. The summed E-state index contributed by atoms with van der Waals surface area (Å²) in [7, 11) is 3.12. The van der Waals surface area contributed by atoms with Gasteiger partial charge in [0.05, 0.1) is 19.6 Å². The molecular weight excluding hydrogens is 574 g/mol. The van der Waals surface area contributed by atoms with Gasteiger partial charge in [-0.2, -0.15) is 0 Å². The highest BCUT2D eigenvalue weighted by atomic mass is 16.6. The lowest BCUT2D eigenvalue weighted by molar-refractivity contribution is -0.155. The number of hydrogen-bond donors (Lipinski definition) is 0. The molecule has 0 aromatic heterocycles. The molecule has 0 N–H and O–H groups in total. The molecule has 2 aromatic rings. The second kappa shape index (κ2) is 14.7. The first-order valence-electron chi connectivity index (χ1n) is 15.8. The van der Waals surface area contributed by atoms with Crippen LogP contribution in [-0.2, 0) is 28.6 Å². The molecule has 2 atom stereocenters. The van der Waals surface area contributed by atoms with E-state index < -0.39 is 30.1 Å². The summed E-state index contributed by atoms with van der Waals surface area (Å²) >= 11 is 0. The number of amides is 3. The smallest absolute Gasteiger partial charge is 0.410 e. The molecule has 1 saturated heterocycles. The molecule has 2 aromatic carbocycles. The Labute approximate surface area is 264 Å². The lowest BCUT2D eigenvalue weighted by Gasteiger charge is -2.38. The number of esters is 1. The van der Waals surface area contributed by atoms with Crippen molar-refractivity contribution >= 4 is 23.9 Å². The lowest BCUT2D eigenvalue weighted by Crippen LogP contribution is -2.58. The van der Waals surface area contributed by atoms with Gasteiger partial charge in [0.15, 0.2) is 0 Å². The van der Waals surface area contributed by atoms with E-state index in [2.05, 4.69) is 30.8 Å². The molecule has 2 fully saturated rings. The number of hydrogen-bond acceptors (Lipinski definition) is 7. The zero-order chi connectivity index (χ0) is 31.9. The number of nitrogens with zero attached hydrogens (tertiary/aromatic N) is 3. The first-order valence-corrected chi connectivity index (χ1v) is 15.8. The van der Waals surface area contributed by atoms with Crippen LogP contribution in [0.2, 0.25) is 0 Å². The normalized spacial score (nSPS) is 17.5. The summed E-state index contributed by atoms with van der Waals surface area (Å²) in [6.45, 7) is 5.20.